The first-order valence-corrected chi connectivity index (χ1v) is 9.31. The minimum atomic E-state index is -0.171. The molecule has 0 bridgehead atoms. The maximum absolute atomic E-state index is 12.1. The van der Waals surface area contributed by atoms with Crippen LogP contribution in [0.5, 0.6) is 0 Å². The number of nitrogens with one attached hydrogen (secondary N) is 2. The van der Waals surface area contributed by atoms with Crippen molar-refractivity contribution in [3.8, 4) is 0 Å². The van der Waals surface area contributed by atoms with Crippen LogP contribution >= 0.6 is 11.8 Å². The maximum Gasteiger partial charge on any atom is 0.234 e. The summed E-state index contributed by atoms with van der Waals surface area (Å²) < 4.78 is 1.73. The number of hydrogen-bond acceptors (Lipinski definition) is 5. The Balaban J connectivity index is 1.52. The summed E-state index contributed by atoms with van der Waals surface area (Å²) in [6, 6.07) is 18.5. The minimum absolute atomic E-state index is 0.106. The van der Waals surface area contributed by atoms with Crippen LogP contribution in [0, 0.1) is 0 Å². The predicted molar refractivity (Wildman–Crippen MR) is 106 cm³/mol. The summed E-state index contributed by atoms with van der Waals surface area (Å²) in [7, 11) is 1.78. The van der Waals surface area contributed by atoms with E-state index in [9.17, 15) is 9.59 Å². The quantitative estimate of drug-likeness (QED) is 0.614. The van der Waals surface area contributed by atoms with E-state index in [0.29, 0.717) is 11.0 Å². The highest BCUT2D eigenvalue weighted by Crippen LogP contribution is 2.17. The molecule has 0 aliphatic carbocycles. The number of nitrogens with zero attached hydrogens (tertiary/aromatic N) is 3. The molecule has 27 heavy (non-hydrogen) atoms. The van der Waals surface area contributed by atoms with Gasteiger partial charge in [0.05, 0.1) is 12.2 Å². The first kappa shape index (κ1) is 18.7. The lowest BCUT2D eigenvalue weighted by Crippen LogP contribution is -2.17. The third-order valence-electron chi connectivity index (χ3n) is 3.69. The fourth-order valence-corrected chi connectivity index (χ4v) is 3.07. The molecular formula is C19H19N5O2S. The number of aromatic nitrogens is 3. The first-order chi connectivity index (χ1) is 13.1. The van der Waals surface area contributed by atoms with Gasteiger partial charge in [-0.15, -0.1) is 10.2 Å². The average molecular weight is 381 g/mol. The molecule has 3 rings (SSSR count). The van der Waals surface area contributed by atoms with Crippen molar-refractivity contribution in [1.29, 1.82) is 0 Å². The van der Waals surface area contributed by atoms with E-state index in [-0.39, 0.29) is 24.0 Å². The number of thioether (sulfide) groups is 1. The molecule has 2 amide bonds. The molecular weight excluding hydrogens is 362 g/mol. The van der Waals surface area contributed by atoms with Crippen molar-refractivity contribution >= 4 is 35.0 Å². The van der Waals surface area contributed by atoms with Gasteiger partial charge in [-0.2, -0.15) is 0 Å². The SMILES string of the molecule is Cn1c(CC(=O)Nc2ccccc2)nnc1SCC(=O)Nc1ccccc1. The van der Waals surface area contributed by atoms with Crippen molar-refractivity contribution in [2.75, 3.05) is 16.4 Å². The highest BCUT2D eigenvalue weighted by atomic mass is 32.2. The van der Waals surface area contributed by atoms with Gasteiger partial charge in [-0.1, -0.05) is 48.2 Å². The third kappa shape index (κ3) is 5.42. The highest BCUT2D eigenvalue weighted by Gasteiger charge is 2.14. The Morgan fingerprint density at radius 3 is 2.04 bits per heavy atom. The van der Waals surface area contributed by atoms with Crippen molar-refractivity contribution in [2.45, 2.75) is 11.6 Å². The Morgan fingerprint density at radius 1 is 0.889 bits per heavy atom. The van der Waals surface area contributed by atoms with Crippen LogP contribution in [0.3, 0.4) is 0 Å². The van der Waals surface area contributed by atoms with Gasteiger partial charge >= 0.3 is 0 Å². The van der Waals surface area contributed by atoms with Gasteiger partial charge in [-0.25, -0.2) is 0 Å². The number of anilines is 2. The zero-order chi connectivity index (χ0) is 19.1. The molecule has 8 heteroatoms. The van der Waals surface area contributed by atoms with Gasteiger partial charge in [-0.05, 0) is 24.3 Å². The standard InChI is InChI=1S/C19H19N5O2S/c1-24-16(12-17(25)20-14-8-4-2-5-9-14)22-23-19(24)27-13-18(26)21-15-10-6-3-7-11-15/h2-11H,12-13H2,1H3,(H,20,25)(H,21,26). The zero-order valence-electron chi connectivity index (χ0n) is 14.8. The summed E-state index contributed by atoms with van der Waals surface area (Å²) >= 11 is 1.27. The molecule has 0 atom stereocenters. The molecule has 0 saturated carbocycles. The van der Waals surface area contributed by atoms with E-state index in [4.69, 9.17) is 0 Å². The Kier molecular flexibility index (Phi) is 6.22. The smallest absolute Gasteiger partial charge is 0.234 e. The van der Waals surface area contributed by atoms with Gasteiger partial charge in [0.15, 0.2) is 5.16 Å². The van der Waals surface area contributed by atoms with Crippen molar-refractivity contribution in [3.05, 3.63) is 66.5 Å². The van der Waals surface area contributed by atoms with Crippen LogP contribution in [0.2, 0.25) is 0 Å². The lowest BCUT2D eigenvalue weighted by atomic mass is 10.3. The van der Waals surface area contributed by atoms with Crippen molar-refractivity contribution in [1.82, 2.24) is 14.8 Å². The van der Waals surface area contributed by atoms with Crippen LogP contribution in [0.15, 0.2) is 65.8 Å². The second kappa shape index (κ2) is 9.00. The van der Waals surface area contributed by atoms with Gasteiger partial charge in [0.2, 0.25) is 11.8 Å². The normalized spacial score (nSPS) is 10.4. The lowest BCUT2D eigenvalue weighted by Gasteiger charge is -2.06. The molecule has 2 aromatic carbocycles. The molecule has 3 aromatic rings. The van der Waals surface area contributed by atoms with Gasteiger partial charge in [0, 0.05) is 18.4 Å². The number of para-hydroxylation sites is 2. The minimum Gasteiger partial charge on any atom is -0.326 e. The molecule has 1 aromatic heterocycles. The number of carbonyl (C=O) groups is 2. The number of carbonyl (C=O) groups excluding carboxylic acids is 2. The number of hydrogen-bond donors (Lipinski definition) is 2. The second-order valence-electron chi connectivity index (χ2n) is 5.75. The molecule has 0 aliphatic heterocycles. The van der Waals surface area contributed by atoms with E-state index < -0.39 is 0 Å². The third-order valence-corrected chi connectivity index (χ3v) is 4.71. The van der Waals surface area contributed by atoms with Crippen LogP contribution in [0.1, 0.15) is 5.82 Å². The zero-order valence-corrected chi connectivity index (χ0v) is 15.6. The fourth-order valence-electron chi connectivity index (χ4n) is 2.34. The molecule has 0 saturated heterocycles. The molecule has 0 spiro atoms. The highest BCUT2D eigenvalue weighted by molar-refractivity contribution is 7.99. The number of benzene rings is 2. The van der Waals surface area contributed by atoms with E-state index in [0.717, 1.165) is 11.4 Å². The Bertz CT molecular complexity index is 912. The molecule has 0 fully saturated rings. The van der Waals surface area contributed by atoms with E-state index >= 15 is 0 Å². The monoisotopic (exact) mass is 381 g/mol. The average Bonchev–Trinajstić information content (AvgIpc) is 3.01. The summed E-state index contributed by atoms with van der Waals surface area (Å²) in [5.74, 6) is 0.443. The van der Waals surface area contributed by atoms with Crippen molar-refractivity contribution < 1.29 is 9.59 Å². The Morgan fingerprint density at radius 2 is 1.44 bits per heavy atom. The fraction of sp³-hybridized carbons (Fsp3) is 0.158. The summed E-state index contributed by atoms with van der Waals surface area (Å²) in [5, 5.41) is 14.3. The summed E-state index contributed by atoms with van der Waals surface area (Å²) in [5.41, 5.74) is 1.48. The topological polar surface area (TPSA) is 88.9 Å². The molecule has 0 unspecified atom stereocenters. The number of amides is 2. The van der Waals surface area contributed by atoms with Gasteiger partial charge in [0.1, 0.15) is 5.82 Å². The molecule has 7 nitrogen and oxygen atoms in total. The maximum atomic E-state index is 12.1. The van der Waals surface area contributed by atoms with E-state index in [1.54, 1.807) is 11.6 Å². The van der Waals surface area contributed by atoms with E-state index in [1.165, 1.54) is 11.8 Å². The van der Waals surface area contributed by atoms with Crippen LogP contribution in [-0.2, 0) is 23.1 Å². The largest absolute Gasteiger partial charge is 0.326 e. The summed E-state index contributed by atoms with van der Waals surface area (Å²) in [6.07, 6.45) is 0.106. The lowest BCUT2D eigenvalue weighted by molar-refractivity contribution is -0.116. The van der Waals surface area contributed by atoms with Gasteiger partial charge in [-0.3, -0.25) is 9.59 Å². The predicted octanol–water partition coefficient (Wildman–Crippen LogP) is 2.73. The van der Waals surface area contributed by atoms with Crippen LogP contribution in [0.4, 0.5) is 11.4 Å². The molecule has 1 heterocycles. The van der Waals surface area contributed by atoms with E-state index in [2.05, 4.69) is 20.8 Å². The second-order valence-corrected chi connectivity index (χ2v) is 6.69. The number of rotatable bonds is 7. The molecule has 2 N–H and O–H groups in total. The van der Waals surface area contributed by atoms with Crippen LogP contribution < -0.4 is 10.6 Å². The Hall–Kier alpha value is -3.13. The first-order valence-electron chi connectivity index (χ1n) is 8.32. The summed E-state index contributed by atoms with van der Waals surface area (Å²) in [6.45, 7) is 0. The van der Waals surface area contributed by atoms with Crippen molar-refractivity contribution in [3.63, 3.8) is 0 Å². The Labute approximate surface area is 161 Å². The van der Waals surface area contributed by atoms with Crippen molar-refractivity contribution in [2.24, 2.45) is 7.05 Å². The molecule has 138 valence electrons. The van der Waals surface area contributed by atoms with Crippen LogP contribution in [0.25, 0.3) is 0 Å². The molecule has 0 aliphatic rings. The summed E-state index contributed by atoms with van der Waals surface area (Å²) in [4.78, 5) is 24.2. The van der Waals surface area contributed by atoms with Gasteiger partial charge in [0.25, 0.3) is 0 Å². The van der Waals surface area contributed by atoms with Crippen LogP contribution in [-0.4, -0.2) is 32.3 Å². The van der Waals surface area contributed by atoms with Gasteiger partial charge < -0.3 is 15.2 Å². The van der Waals surface area contributed by atoms with E-state index in [1.807, 2.05) is 60.7 Å². The molecule has 0 radical (unpaired) electrons.